The Morgan fingerprint density at radius 1 is 1.64 bits per heavy atom. The van der Waals surface area contributed by atoms with Crippen molar-refractivity contribution in [2.24, 2.45) is 17.3 Å². The molecule has 0 aliphatic heterocycles. The van der Waals surface area contributed by atoms with E-state index in [9.17, 15) is 4.79 Å². The number of hydrogen-bond donors (Lipinski definition) is 0. The highest BCUT2D eigenvalue weighted by Crippen LogP contribution is 2.53. The Labute approximate surface area is 86.3 Å². The van der Waals surface area contributed by atoms with Crippen LogP contribution in [0.15, 0.2) is 12.7 Å². The maximum atomic E-state index is 11.3. The van der Waals surface area contributed by atoms with Crippen molar-refractivity contribution in [1.82, 2.24) is 0 Å². The molecule has 1 aliphatic carbocycles. The van der Waals surface area contributed by atoms with Gasteiger partial charge in [0.25, 0.3) is 0 Å². The van der Waals surface area contributed by atoms with Crippen LogP contribution in [0.2, 0.25) is 0 Å². The fourth-order valence-corrected chi connectivity index (χ4v) is 2.22. The van der Waals surface area contributed by atoms with Crippen molar-refractivity contribution in [3.8, 4) is 0 Å². The highest BCUT2D eigenvalue weighted by Gasteiger charge is 2.46. The summed E-state index contributed by atoms with van der Waals surface area (Å²) in [5.74, 6) is 0.958. The lowest BCUT2D eigenvalue weighted by atomic mass is 9.54. The van der Waals surface area contributed by atoms with E-state index in [4.69, 9.17) is 4.74 Å². The van der Waals surface area contributed by atoms with Gasteiger partial charge in [0, 0.05) is 6.42 Å². The van der Waals surface area contributed by atoms with E-state index in [0.717, 1.165) is 6.42 Å². The summed E-state index contributed by atoms with van der Waals surface area (Å²) < 4.78 is 4.95. The molecule has 1 aliphatic rings. The summed E-state index contributed by atoms with van der Waals surface area (Å²) in [6, 6.07) is 0. The number of hydrogen-bond acceptors (Lipinski definition) is 2. The molecule has 14 heavy (non-hydrogen) atoms. The minimum absolute atomic E-state index is 0.0620. The van der Waals surface area contributed by atoms with E-state index in [-0.39, 0.29) is 11.4 Å². The summed E-state index contributed by atoms with van der Waals surface area (Å²) in [5, 5.41) is 0. The number of rotatable bonds is 4. The normalized spacial score (nSPS) is 29.1. The van der Waals surface area contributed by atoms with E-state index < -0.39 is 0 Å². The largest absolute Gasteiger partial charge is 0.466 e. The highest BCUT2D eigenvalue weighted by molar-refractivity contribution is 5.70. The molecular formula is C12H20O2. The summed E-state index contributed by atoms with van der Waals surface area (Å²) in [7, 11) is 0. The molecule has 0 heterocycles. The first kappa shape index (κ1) is 11.3. The molecule has 80 valence electrons. The van der Waals surface area contributed by atoms with Crippen LogP contribution in [0.3, 0.4) is 0 Å². The van der Waals surface area contributed by atoms with Crippen LogP contribution >= 0.6 is 0 Å². The van der Waals surface area contributed by atoms with E-state index in [1.807, 2.05) is 13.0 Å². The average Bonchev–Trinajstić information content (AvgIpc) is 2.12. The van der Waals surface area contributed by atoms with Gasteiger partial charge in [-0.1, -0.05) is 19.9 Å². The van der Waals surface area contributed by atoms with Crippen LogP contribution in [0.1, 0.15) is 33.6 Å². The van der Waals surface area contributed by atoms with Gasteiger partial charge < -0.3 is 4.74 Å². The van der Waals surface area contributed by atoms with Crippen molar-refractivity contribution >= 4 is 5.97 Å². The van der Waals surface area contributed by atoms with Crippen LogP contribution in [0, 0.1) is 17.3 Å². The van der Waals surface area contributed by atoms with E-state index in [1.165, 1.54) is 0 Å². The lowest BCUT2D eigenvalue weighted by Gasteiger charge is -2.50. The summed E-state index contributed by atoms with van der Waals surface area (Å²) >= 11 is 0. The van der Waals surface area contributed by atoms with Crippen molar-refractivity contribution in [3.05, 3.63) is 12.7 Å². The molecule has 0 bridgehead atoms. The lowest BCUT2D eigenvalue weighted by Crippen LogP contribution is -2.44. The second-order valence-electron chi connectivity index (χ2n) is 4.61. The molecule has 0 radical (unpaired) electrons. The van der Waals surface area contributed by atoms with Gasteiger partial charge in [0.15, 0.2) is 0 Å². The van der Waals surface area contributed by atoms with Gasteiger partial charge in [-0.05, 0) is 30.6 Å². The third kappa shape index (κ3) is 1.99. The molecule has 0 amide bonds. The Balaban J connectivity index is 2.42. The van der Waals surface area contributed by atoms with Gasteiger partial charge in [0.2, 0.25) is 0 Å². The fourth-order valence-electron chi connectivity index (χ4n) is 2.22. The standard InChI is InChI=1S/C12H20O2/c1-5-9-7-10(12(9,3)4)8-11(13)14-6-2/h5,9-10H,1,6-8H2,2-4H3. The maximum absolute atomic E-state index is 11.3. The Morgan fingerprint density at radius 2 is 2.29 bits per heavy atom. The molecule has 0 spiro atoms. The Morgan fingerprint density at radius 3 is 2.71 bits per heavy atom. The summed E-state index contributed by atoms with van der Waals surface area (Å²) in [4.78, 5) is 11.3. The Kier molecular flexibility index (Phi) is 3.35. The predicted molar refractivity (Wildman–Crippen MR) is 56.8 cm³/mol. The second kappa shape index (κ2) is 4.16. The molecule has 1 saturated carbocycles. The Hall–Kier alpha value is -0.790. The SMILES string of the molecule is C=CC1CC(CC(=O)OCC)C1(C)C. The fraction of sp³-hybridized carbons (Fsp3) is 0.750. The molecule has 2 nitrogen and oxygen atoms in total. The molecule has 1 rings (SSSR count). The maximum Gasteiger partial charge on any atom is 0.306 e. The minimum Gasteiger partial charge on any atom is -0.466 e. The highest BCUT2D eigenvalue weighted by atomic mass is 16.5. The van der Waals surface area contributed by atoms with Crippen molar-refractivity contribution in [2.45, 2.75) is 33.6 Å². The first-order valence-corrected chi connectivity index (χ1v) is 5.30. The van der Waals surface area contributed by atoms with Gasteiger partial charge in [0.05, 0.1) is 6.61 Å². The van der Waals surface area contributed by atoms with E-state index in [1.54, 1.807) is 0 Å². The van der Waals surface area contributed by atoms with Crippen LogP contribution in [-0.4, -0.2) is 12.6 Å². The zero-order valence-electron chi connectivity index (χ0n) is 9.38. The molecule has 0 N–H and O–H groups in total. The molecule has 2 atom stereocenters. The first-order valence-electron chi connectivity index (χ1n) is 5.30. The van der Waals surface area contributed by atoms with E-state index in [2.05, 4.69) is 20.4 Å². The molecule has 2 unspecified atom stereocenters. The third-order valence-corrected chi connectivity index (χ3v) is 3.55. The van der Waals surface area contributed by atoms with E-state index in [0.29, 0.717) is 24.9 Å². The summed E-state index contributed by atoms with van der Waals surface area (Å²) in [6.07, 6.45) is 3.64. The molecule has 1 fully saturated rings. The number of ether oxygens (including phenoxy) is 1. The smallest absolute Gasteiger partial charge is 0.306 e. The zero-order valence-corrected chi connectivity index (χ0v) is 9.38. The van der Waals surface area contributed by atoms with Crippen molar-refractivity contribution in [3.63, 3.8) is 0 Å². The van der Waals surface area contributed by atoms with Crippen LogP contribution in [0.4, 0.5) is 0 Å². The molecule has 0 saturated heterocycles. The second-order valence-corrected chi connectivity index (χ2v) is 4.61. The third-order valence-electron chi connectivity index (χ3n) is 3.55. The number of carbonyl (C=O) groups is 1. The van der Waals surface area contributed by atoms with Crippen LogP contribution in [-0.2, 0) is 9.53 Å². The molecule has 0 aromatic heterocycles. The van der Waals surface area contributed by atoms with Gasteiger partial charge in [-0.3, -0.25) is 4.79 Å². The number of carbonyl (C=O) groups excluding carboxylic acids is 1. The van der Waals surface area contributed by atoms with E-state index >= 15 is 0 Å². The van der Waals surface area contributed by atoms with Crippen molar-refractivity contribution < 1.29 is 9.53 Å². The summed E-state index contributed by atoms with van der Waals surface area (Å²) in [6.45, 7) is 10.5. The summed E-state index contributed by atoms with van der Waals surface area (Å²) in [5.41, 5.74) is 0.217. The van der Waals surface area contributed by atoms with Gasteiger partial charge in [0.1, 0.15) is 0 Å². The monoisotopic (exact) mass is 196 g/mol. The van der Waals surface area contributed by atoms with Crippen molar-refractivity contribution in [1.29, 1.82) is 0 Å². The van der Waals surface area contributed by atoms with Crippen molar-refractivity contribution in [2.75, 3.05) is 6.61 Å². The van der Waals surface area contributed by atoms with Crippen LogP contribution in [0.25, 0.3) is 0 Å². The Bertz CT molecular complexity index is 230. The lowest BCUT2D eigenvalue weighted by molar-refractivity contribution is -0.148. The quantitative estimate of drug-likeness (QED) is 0.510. The first-order chi connectivity index (χ1) is 6.52. The number of esters is 1. The molecule has 0 aromatic rings. The van der Waals surface area contributed by atoms with Crippen LogP contribution < -0.4 is 0 Å². The average molecular weight is 196 g/mol. The van der Waals surface area contributed by atoms with Gasteiger partial charge >= 0.3 is 5.97 Å². The minimum atomic E-state index is -0.0620. The topological polar surface area (TPSA) is 26.3 Å². The zero-order chi connectivity index (χ0) is 10.8. The molecule has 2 heteroatoms. The van der Waals surface area contributed by atoms with Gasteiger partial charge in [-0.25, -0.2) is 0 Å². The van der Waals surface area contributed by atoms with Crippen LogP contribution in [0.5, 0.6) is 0 Å². The molecule has 0 aromatic carbocycles. The van der Waals surface area contributed by atoms with Gasteiger partial charge in [-0.15, -0.1) is 6.58 Å². The predicted octanol–water partition coefficient (Wildman–Crippen LogP) is 2.79. The molecular weight excluding hydrogens is 176 g/mol. The number of allylic oxidation sites excluding steroid dienone is 1. The van der Waals surface area contributed by atoms with Gasteiger partial charge in [-0.2, -0.15) is 0 Å².